The minimum absolute atomic E-state index is 0.0128. The number of rotatable bonds is 4. The van der Waals surface area contributed by atoms with Crippen LogP contribution in [0, 0.1) is 0 Å². The number of fused-ring (bicyclic) bond motifs is 1. The van der Waals surface area contributed by atoms with Crippen molar-refractivity contribution >= 4 is 45.0 Å². The van der Waals surface area contributed by atoms with Crippen LogP contribution in [0.15, 0.2) is 59.6 Å². The summed E-state index contributed by atoms with van der Waals surface area (Å²) in [4.78, 5) is 39.6. The second-order valence-corrected chi connectivity index (χ2v) is 7.01. The first-order valence-corrected chi connectivity index (χ1v) is 9.07. The van der Waals surface area contributed by atoms with Gasteiger partial charge < -0.3 is 10.2 Å². The lowest BCUT2D eigenvalue weighted by atomic mass is 10.1. The molecule has 0 aliphatic carbocycles. The van der Waals surface area contributed by atoms with E-state index in [1.807, 2.05) is 18.2 Å². The number of anilines is 2. The van der Waals surface area contributed by atoms with Gasteiger partial charge in [0.2, 0.25) is 11.8 Å². The van der Waals surface area contributed by atoms with E-state index in [1.165, 1.54) is 11.0 Å². The molecule has 6 nitrogen and oxygen atoms in total. The summed E-state index contributed by atoms with van der Waals surface area (Å²) in [5, 5.41) is 2.68. The van der Waals surface area contributed by atoms with Crippen molar-refractivity contribution in [3.8, 4) is 0 Å². The van der Waals surface area contributed by atoms with Gasteiger partial charge in [-0.05, 0) is 42.0 Å². The third-order valence-electron chi connectivity index (χ3n) is 4.36. The Morgan fingerprint density at radius 3 is 2.56 bits per heavy atom. The van der Waals surface area contributed by atoms with Crippen molar-refractivity contribution in [3.63, 3.8) is 0 Å². The molecule has 3 amide bonds. The van der Waals surface area contributed by atoms with Crippen LogP contribution >= 0.6 is 15.9 Å². The SMILES string of the molecule is C=CC(=O)NCc1ccc(C(=O)N2CC(=O)N(C)c3cc(Br)ccc32)cc1. The summed E-state index contributed by atoms with van der Waals surface area (Å²) < 4.78 is 0.834. The van der Waals surface area contributed by atoms with Crippen LogP contribution in [0.3, 0.4) is 0 Å². The van der Waals surface area contributed by atoms with Crippen LogP contribution in [-0.2, 0) is 16.1 Å². The molecule has 1 N–H and O–H groups in total. The van der Waals surface area contributed by atoms with Crippen molar-refractivity contribution < 1.29 is 14.4 Å². The fourth-order valence-corrected chi connectivity index (χ4v) is 3.17. The highest BCUT2D eigenvalue weighted by Gasteiger charge is 2.31. The maximum Gasteiger partial charge on any atom is 0.258 e. The molecule has 0 aromatic heterocycles. The Kier molecular flexibility index (Phi) is 5.41. The highest BCUT2D eigenvalue weighted by atomic mass is 79.9. The molecule has 0 unspecified atom stereocenters. The summed E-state index contributed by atoms with van der Waals surface area (Å²) in [6.07, 6.45) is 1.21. The number of hydrogen-bond donors (Lipinski definition) is 1. The molecule has 27 heavy (non-hydrogen) atoms. The van der Waals surface area contributed by atoms with Gasteiger partial charge in [0.25, 0.3) is 5.91 Å². The number of nitrogens with zero attached hydrogens (tertiary/aromatic N) is 2. The number of likely N-dealkylation sites (N-methyl/N-ethyl adjacent to an activating group) is 1. The highest BCUT2D eigenvalue weighted by Crippen LogP contribution is 2.35. The quantitative estimate of drug-likeness (QED) is 0.762. The molecule has 7 heteroatoms. The molecule has 0 bridgehead atoms. The van der Waals surface area contributed by atoms with Crippen molar-refractivity contribution in [1.82, 2.24) is 5.32 Å². The zero-order chi connectivity index (χ0) is 19.6. The van der Waals surface area contributed by atoms with Gasteiger partial charge >= 0.3 is 0 Å². The Morgan fingerprint density at radius 2 is 1.89 bits per heavy atom. The van der Waals surface area contributed by atoms with E-state index in [-0.39, 0.29) is 24.3 Å². The third-order valence-corrected chi connectivity index (χ3v) is 4.85. The van der Waals surface area contributed by atoms with Gasteiger partial charge in [0.05, 0.1) is 11.4 Å². The maximum absolute atomic E-state index is 13.0. The molecule has 0 atom stereocenters. The molecular weight excluding hydrogens is 410 g/mol. The van der Waals surface area contributed by atoms with Gasteiger partial charge in [0.1, 0.15) is 6.54 Å². The largest absolute Gasteiger partial charge is 0.348 e. The molecule has 0 fully saturated rings. The van der Waals surface area contributed by atoms with E-state index >= 15 is 0 Å². The molecule has 1 aliphatic heterocycles. The average Bonchev–Trinajstić information content (AvgIpc) is 2.68. The van der Waals surface area contributed by atoms with Gasteiger partial charge in [-0.1, -0.05) is 34.6 Å². The molecule has 1 heterocycles. The second-order valence-electron chi connectivity index (χ2n) is 6.10. The summed E-state index contributed by atoms with van der Waals surface area (Å²) in [6.45, 7) is 3.74. The van der Waals surface area contributed by atoms with Gasteiger partial charge in [-0.3, -0.25) is 19.3 Å². The minimum Gasteiger partial charge on any atom is -0.348 e. The zero-order valence-corrected chi connectivity index (χ0v) is 16.3. The molecule has 0 spiro atoms. The summed E-state index contributed by atoms with van der Waals surface area (Å²) in [5.41, 5.74) is 2.70. The molecule has 0 saturated heterocycles. The molecule has 2 aromatic rings. The van der Waals surface area contributed by atoms with Crippen molar-refractivity contribution in [2.75, 3.05) is 23.4 Å². The van der Waals surface area contributed by atoms with Crippen LogP contribution in [0.4, 0.5) is 11.4 Å². The molecule has 138 valence electrons. The summed E-state index contributed by atoms with van der Waals surface area (Å²) in [6, 6.07) is 12.4. The fraction of sp³-hybridized carbons (Fsp3) is 0.150. The van der Waals surface area contributed by atoms with Crippen LogP contribution in [0.25, 0.3) is 0 Å². The lowest BCUT2D eigenvalue weighted by molar-refractivity contribution is -0.117. The Hall–Kier alpha value is -2.93. The monoisotopic (exact) mass is 427 g/mol. The van der Waals surface area contributed by atoms with Crippen LogP contribution < -0.4 is 15.1 Å². The van der Waals surface area contributed by atoms with Crippen molar-refractivity contribution in [2.24, 2.45) is 0 Å². The lowest BCUT2D eigenvalue weighted by Gasteiger charge is -2.34. The van der Waals surface area contributed by atoms with Crippen LogP contribution in [0.1, 0.15) is 15.9 Å². The van der Waals surface area contributed by atoms with Crippen LogP contribution in [-0.4, -0.2) is 31.3 Å². The average molecular weight is 428 g/mol. The maximum atomic E-state index is 13.0. The Balaban J connectivity index is 1.83. The number of carbonyl (C=O) groups excluding carboxylic acids is 3. The number of carbonyl (C=O) groups is 3. The number of hydrogen-bond acceptors (Lipinski definition) is 3. The standard InChI is InChI=1S/C20H18BrN3O3/c1-3-18(25)22-11-13-4-6-14(7-5-13)20(27)24-12-19(26)23(2)17-10-15(21)8-9-16(17)24/h3-10H,1,11-12H2,2H3,(H,22,25). The molecule has 0 saturated carbocycles. The first-order valence-electron chi connectivity index (χ1n) is 8.28. The van der Waals surface area contributed by atoms with E-state index in [0.29, 0.717) is 23.5 Å². The predicted molar refractivity (Wildman–Crippen MR) is 108 cm³/mol. The number of halogens is 1. The summed E-state index contributed by atoms with van der Waals surface area (Å²) in [7, 11) is 1.70. The predicted octanol–water partition coefficient (Wildman–Crippen LogP) is 2.87. The van der Waals surface area contributed by atoms with Gasteiger partial charge in [0, 0.05) is 23.6 Å². The Bertz CT molecular complexity index is 925. The van der Waals surface area contributed by atoms with E-state index in [2.05, 4.69) is 27.8 Å². The number of amides is 3. The fourth-order valence-electron chi connectivity index (χ4n) is 2.82. The molecular formula is C20H18BrN3O3. The molecule has 0 radical (unpaired) electrons. The Labute approximate surface area is 165 Å². The van der Waals surface area contributed by atoms with Gasteiger partial charge in [0.15, 0.2) is 0 Å². The van der Waals surface area contributed by atoms with Crippen molar-refractivity contribution in [1.29, 1.82) is 0 Å². The first-order chi connectivity index (χ1) is 12.9. The molecule has 2 aromatic carbocycles. The summed E-state index contributed by atoms with van der Waals surface area (Å²) in [5.74, 6) is -0.659. The third kappa shape index (κ3) is 3.93. The zero-order valence-electron chi connectivity index (χ0n) is 14.7. The minimum atomic E-state index is -0.256. The summed E-state index contributed by atoms with van der Waals surface area (Å²) >= 11 is 3.40. The van der Waals surface area contributed by atoms with E-state index in [0.717, 1.165) is 10.0 Å². The first kappa shape index (κ1) is 18.8. The van der Waals surface area contributed by atoms with E-state index in [1.54, 1.807) is 36.2 Å². The van der Waals surface area contributed by atoms with Crippen molar-refractivity contribution in [3.05, 3.63) is 70.7 Å². The smallest absolute Gasteiger partial charge is 0.258 e. The number of benzene rings is 2. The topological polar surface area (TPSA) is 69.7 Å². The van der Waals surface area contributed by atoms with E-state index in [4.69, 9.17) is 0 Å². The van der Waals surface area contributed by atoms with E-state index in [9.17, 15) is 14.4 Å². The van der Waals surface area contributed by atoms with Crippen LogP contribution in [0.2, 0.25) is 0 Å². The van der Waals surface area contributed by atoms with E-state index < -0.39 is 0 Å². The van der Waals surface area contributed by atoms with Gasteiger partial charge in [-0.2, -0.15) is 0 Å². The Morgan fingerprint density at radius 1 is 1.19 bits per heavy atom. The number of nitrogens with one attached hydrogen (secondary N) is 1. The lowest BCUT2D eigenvalue weighted by Crippen LogP contribution is -2.46. The van der Waals surface area contributed by atoms with Crippen molar-refractivity contribution in [2.45, 2.75) is 6.54 Å². The highest BCUT2D eigenvalue weighted by molar-refractivity contribution is 9.10. The molecule has 3 rings (SSSR count). The van der Waals surface area contributed by atoms with Gasteiger partial charge in [-0.15, -0.1) is 0 Å². The van der Waals surface area contributed by atoms with Gasteiger partial charge in [-0.25, -0.2) is 0 Å². The molecule has 1 aliphatic rings. The van der Waals surface area contributed by atoms with Crippen LogP contribution in [0.5, 0.6) is 0 Å². The normalized spacial score (nSPS) is 13.2. The second kappa shape index (κ2) is 7.75.